The monoisotopic (exact) mass is 272 g/mol. The summed E-state index contributed by atoms with van der Waals surface area (Å²) in [5, 5.41) is 0.704. The predicted octanol–water partition coefficient (Wildman–Crippen LogP) is 3.88. The van der Waals surface area contributed by atoms with Crippen molar-refractivity contribution in [2.24, 2.45) is 0 Å². The summed E-state index contributed by atoms with van der Waals surface area (Å²) in [6.45, 7) is 2.49. The van der Waals surface area contributed by atoms with E-state index >= 15 is 0 Å². The van der Waals surface area contributed by atoms with E-state index < -0.39 is 0 Å². The van der Waals surface area contributed by atoms with Gasteiger partial charge in [0.25, 0.3) is 0 Å². The average molecular weight is 273 g/mol. The minimum absolute atomic E-state index is 0.447. The second kappa shape index (κ2) is 4.94. The molecule has 2 heterocycles. The molecule has 0 radical (unpaired) electrons. The number of halogens is 1. The fourth-order valence-corrected chi connectivity index (χ4v) is 2.09. The van der Waals surface area contributed by atoms with Gasteiger partial charge in [0.2, 0.25) is 0 Å². The highest BCUT2D eigenvalue weighted by atomic mass is 35.5. The molecule has 0 aliphatic heterocycles. The lowest BCUT2D eigenvalue weighted by atomic mass is 10.3. The first-order valence-electron chi connectivity index (χ1n) is 6.04. The summed E-state index contributed by atoms with van der Waals surface area (Å²) in [7, 11) is 0. The van der Waals surface area contributed by atoms with Crippen LogP contribution in [-0.2, 0) is 6.61 Å². The highest BCUT2D eigenvalue weighted by molar-refractivity contribution is 6.30. The van der Waals surface area contributed by atoms with Gasteiger partial charge in [-0.15, -0.1) is 0 Å². The summed E-state index contributed by atoms with van der Waals surface area (Å²) in [4.78, 5) is 4.56. The van der Waals surface area contributed by atoms with Crippen LogP contribution in [-0.4, -0.2) is 9.38 Å². The van der Waals surface area contributed by atoms with Crippen molar-refractivity contribution in [2.75, 3.05) is 0 Å². The van der Waals surface area contributed by atoms with Crippen molar-refractivity contribution in [1.82, 2.24) is 9.38 Å². The summed E-state index contributed by atoms with van der Waals surface area (Å²) in [5.74, 6) is 0.790. The highest BCUT2D eigenvalue weighted by Crippen LogP contribution is 2.17. The number of benzene rings is 1. The third-order valence-corrected chi connectivity index (χ3v) is 3.18. The average Bonchev–Trinajstić information content (AvgIpc) is 2.83. The van der Waals surface area contributed by atoms with Crippen LogP contribution in [0, 0.1) is 6.92 Å². The smallest absolute Gasteiger partial charge is 0.140 e. The van der Waals surface area contributed by atoms with Crippen LogP contribution in [0.25, 0.3) is 5.65 Å². The number of rotatable bonds is 3. The van der Waals surface area contributed by atoms with Gasteiger partial charge in [0.05, 0.1) is 5.69 Å². The van der Waals surface area contributed by atoms with Crippen molar-refractivity contribution in [3.8, 4) is 5.75 Å². The molecule has 96 valence electrons. The van der Waals surface area contributed by atoms with Crippen LogP contribution in [0.3, 0.4) is 0 Å². The quantitative estimate of drug-likeness (QED) is 0.723. The van der Waals surface area contributed by atoms with Gasteiger partial charge >= 0.3 is 0 Å². The number of ether oxygens (including phenoxy) is 1. The summed E-state index contributed by atoms with van der Waals surface area (Å²) in [6, 6.07) is 11.4. The van der Waals surface area contributed by atoms with Crippen molar-refractivity contribution < 1.29 is 4.74 Å². The van der Waals surface area contributed by atoms with Crippen molar-refractivity contribution in [1.29, 1.82) is 0 Å². The Kier molecular flexibility index (Phi) is 3.13. The van der Waals surface area contributed by atoms with E-state index in [2.05, 4.69) is 4.98 Å². The van der Waals surface area contributed by atoms with E-state index in [9.17, 15) is 0 Å². The minimum atomic E-state index is 0.447. The molecule has 0 N–H and O–H groups in total. The molecule has 0 aliphatic carbocycles. The van der Waals surface area contributed by atoms with Gasteiger partial charge < -0.3 is 9.14 Å². The molecule has 0 bridgehead atoms. The number of pyridine rings is 1. The van der Waals surface area contributed by atoms with E-state index in [1.165, 1.54) is 0 Å². The van der Waals surface area contributed by atoms with Gasteiger partial charge in [-0.2, -0.15) is 0 Å². The van der Waals surface area contributed by atoms with Gasteiger partial charge in [-0.3, -0.25) is 0 Å². The second-order valence-electron chi connectivity index (χ2n) is 4.40. The Balaban J connectivity index is 1.78. The zero-order valence-corrected chi connectivity index (χ0v) is 11.3. The van der Waals surface area contributed by atoms with Crippen molar-refractivity contribution in [3.63, 3.8) is 0 Å². The zero-order chi connectivity index (χ0) is 13.2. The van der Waals surface area contributed by atoms with Gasteiger partial charge in [-0.1, -0.05) is 17.7 Å². The molecule has 1 aromatic carbocycles. The van der Waals surface area contributed by atoms with Crippen LogP contribution in [0.15, 0.2) is 48.8 Å². The third kappa shape index (κ3) is 2.56. The molecule has 0 amide bonds. The molecule has 3 aromatic rings. The first kappa shape index (κ1) is 12.1. The molecule has 0 atom stereocenters. The third-order valence-electron chi connectivity index (χ3n) is 2.93. The maximum Gasteiger partial charge on any atom is 0.140 e. The fraction of sp³-hybridized carbons (Fsp3) is 0.133. The number of aryl methyl sites for hydroxylation is 1. The Hall–Kier alpha value is -2.00. The molecule has 3 nitrogen and oxygen atoms in total. The number of nitrogens with zero attached hydrogens (tertiary/aromatic N) is 2. The first-order chi connectivity index (χ1) is 9.22. The van der Waals surface area contributed by atoms with E-state index in [-0.39, 0.29) is 0 Å². The Morgan fingerprint density at radius 1 is 1.21 bits per heavy atom. The minimum Gasteiger partial charge on any atom is -0.487 e. The molecule has 4 heteroatoms. The summed E-state index contributed by atoms with van der Waals surface area (Å²) < 4.78 is 7.69. The largest absolute Gasteiger partial charge is 0.487 e. The molecule has 0 spiro atoms. The Morgan fingerprint density at radius 3 is 2.74 bits per heavy atom. The first-order valence-corrected chi connectivity index (χ1v) is 6.42. The standard InChI is InChI=1S/C15H13ClN2O/c1-11-3-2-8-18-9-13(17-15(11)18)10-19-14-6-4-12(16)5-7-14/h2-9H,10H2,1H3. The molecule has 0 fully saturated rings. The maximum atomic E-state index is 5.83. The second-order valence-corrected chi connectivity index (χ2v) is 4.83. The maximum absolute atomic E-state index is 5.83. The highest BCUT2D eigenvalue weighted by Gasteiger charge is 2.04. The van der Waals surface area contributed by atoms with E-state index in [0.29, 0.717) is 11.6 Å². The number of imidazole rings is 1. The summed E-state index contributed by atoms with van der Waals surface area (Å²) in [6.07, 6.45) is 3.97. The van der Waals surface area contributed by atoms with Crippen LogP contribution >= 0.6 is 11.6 Å². The fourth-order valence-electron chi connectivity index (χ4n) is 1.96. The van der Waals surface area contributed by atoms with Crippen LogP contribution in [0.4, 0.5) is 0 Å². The number of hydrogen-bond donors (Lipinski definition) is 0. The van der Waals surface area contributed by atoms with Crippen molar-refractivity contribution >= 4 is 17.2 Å². The van der Waals surface area contributed by atoms with Crippen molar-refractivity contribution in [3.05, 3.63) is 65.1 Å². The van der Waals surface area contributed by atoms with Gasteiger partial charge in [0, 0.05) is 17.4 Å². The van der Waals surface area contributed by atoms with Crippen molar-refractivity contribution in [2.45, 2.75) is 13.5 Å². The van der Waals surface area contributed by atoms with Gasteiger partial charge in [-0.25, -0.2) is 4.98 Å². The number of hydrogen-bond acceptors (Lipinski definition) is 2. The number of fused-ring (bicyclic) bond motifs is 1. The molecule has 19 heavy (non-hydrogen) atoms. The lowest BCUT2D eigenvalue weighted by molar-refractivity contribution is 0.302. The Morgan fingerprint density at radius 2 is 2.00 bits per heavy atom. The molecule has 2 aromatic heterocycles. The lowest BCUT2D eigenvalue weighted by Crippen LogP contribution is -1.95. The Bertz CT molecular complexity index is 704. The molecule has 0 saturated carbocycles. The van der Waals surface area contributed by atoms with E-state index in [0.717, 1.165) is 22.7 Å². The van der Waals surface area contributed by atoms with Crippen LogP contribution in [0.5, 0.6) is 5.75 Å². The normalized spacial score (nSPS) is 10.8. The topological polar surface area (TPSA) is 26.5 Å². The van der Waals surface area contributed by atoms with Crippen LogP contribution in [0.1, 0.15) is 11.3 Å². The summed E-state index contributed by atoms with van der Waals surface area (Å²) >= 11 is 5.83. The predicted molar refractivity (Wildman–Crippen MR) is 75.7 cm³/mol. The molecule has 0 aliphatic rings. The molecule has 0 unspecified atom stereocenters. The van der Waals surface area contributed by atoms with Gasteiger partial charge in [0.1, 0.15) is 18.0 Å². The molecule has 3 rings (SSSR count). The molecule has 0 saturated heterocycles. The van der Waals surface area contributed by atoms with Crippen LogP contribution in [0.2, 0.25) is 5.02 Å². The van der Waals surface area contributed by atoms with E-state index in [1.54, 1.807) is 0 Å². The molecular weight excluding hydrogens is 260 g/mol. The Labute approximate surface area is 116 Å². The summed E-state index contributed by atoms with van der Waals surface area (Å²) in [5.41, 5.74) is 3.03. The SMILES string of the molecule is Cc1cccn2cc(COc3ccc(Cl)cc3)nc12. The number of aromatic nitrogens is 2. The van der Waals surface area contributed by atoms with E-state index in [1.807, 2.05) is 60.1 Å². The van der Waals surface area contributed by atoms with E-state index in [4.69, 9.17) is 16.3 Å². The van der Waals surface area contributed by atoms with Gasteiger partial charge in [0.15, 0.2) is 0 Å². The lowest BCUT2D eigenvalue weighted by Gasteiger charge is -2.03. The van der Waals surface area contributed by atoms with Crippen LogP contribution < -0.4 is 4.74 Å². The van der Waals surface area contributed by atoms with Gasteiger partial charge in [-0.05, 0) is 42.8 Å². The molecular formula is C15H13ClN2O. The zero-order valence-electron chi connectivity index (χ0n) is 10.5.